The van der Waals surface area contributed by atoms with Gasteiger partial charge in [0.1, 0.15) is 18.4 Å². The van der Waals surface area contributed by atoms with Gasteiger partial charge < -0.3 is 9.30 Å². The number of rotatable bonds is 5. The van der Waals surface area contributed by atoms with Crippen LogP contribution in [0.5, 0.6) is 0 Å². The number of carbonyl (C=O) groups excluding carboxylic acids is 2. The van der Waals surface area contributed by atoms with E-state index in [1.807, 2.05) is 26.0 Å². The number of hydrogen-bond acceptors (Lipinski definition) is 6. The van der Waals surface area contributed by atoms with E-state index in [1.54, 1.807) is 4.57 Å². The Bertz CT molecular complexity index is 1440. The number of esters is 1. The van der Waals surface area contributed by atoms with Gasteiger partial charge in [0, 0.05) is 6.54 Å². The number of halogens is 1. The number of aromatic nitrogens is 1. The van der Waals surface area contributed by atoms with Crippen molar-refractivity contribution in [2.45, 2.75) is 44.2 Å². The second-order valence-corrected chi connectivity index (χ2v) is 11.0. The largest absolute Gasteiger partial charge is 0.468 e. The van der Waals surface area contributed by atoms with Gasteiger partial charge in [-0.2, -0.15) is 9.30 Å². The van der Waals surface area contributed by atoms with E-state index >= 15 is 0 Å². The van der Waals surface area contributed by atoms with Crippen molar-refractivity contribution >= 4 is 43.5 Å². The molecule has 34 heavy (non-hydrogen) atoms. The quantitative estimate of drug-likeness (QED) is 0.497. The summed E-state index contributed by atoms with van der Waals surface area (Å²) in [5, 5.41) is 0. The van der Waals surface area contributed by atoms with Gasteiger partial charge in [-0.1, -0.05) is 17.4 Å². The Kier molecular flexibility index (Phi) is 6.70. The highest BCUT2D eigenvalue weighted by molar-refractivity contribution is 7.89. The van der Waals surface area contributed by atoms with Crippen LogP contribution in [0.2, 0.25) is 0 Å². The van der Waals surface area contributed by atoms with E-state index in [9.17, 15) is 22.4 Å². The van der Waals surface area contributed by atoms with Crippen molar-refractivity contribution in [3.8, 4) is 0 Å². The third-order valence-corrected chi connectivity index (χ3v) is 8.90. The molecule has 11 heteroatoms. The van der Waals surface area contributed by atoms with Gasteiger partial charge in [-0.3, -0.25) is 9.59 Å². The molecule has 2 aromatic carbocycles. The molecule has 1 unspecified atom stereocenters. The number of nitrogens with zero attached hydrogens (tertiary/aromatic N) is 3. The van der Waals surface area contributed by atoms with E-state index in [1.165, 1.54) is 30.6 Å². The van der Waals surface area contributed by atoms with Crippen LogP contribution in [-0.4, -0.2) is 48.9 Å². The monoisotopic (exact) mass is 505 g/mol. The molecule has 8 nitrogen and oxygen atoms in total. The van der Waals surface area contributed by atoms with Crippen molar-refractivity contribution in [2.75, 3.05) is 13.7 Å². The minimum Gasteiger partial charge on any atom is -0.468 e. The molecule has 180 valence electrons. The number of benzene rings is 2. The zero-order valence-electron chi connectivity index (χ0n) is 18.9. The van der Waals surface area contributed by atoms with Crippen molar-refractivity contribution in [2.24, 2.45) is 4.99 Å². The topological polar surface area (TPSA) is 98.0 Å². The van der Waals surface area contributed by atoms with Crippen molar-refractivity contribution in [1.29, 1.82) is 0 Å². The van der Waals surface area contributed by atoms with E-state index in [4.69, 9.17) is 4.74 Å². The molecule has 1 amide bonds. The number of hydrogen-bond donors (Lipinski definition) is 0. The molecule has 1 aliphatic heterocycles. The molecule has 1 fully saturated rings. The summed E-state index contributed by atoms with van der Waals surface area (Å²) in [5.74, 6) is -1.65. The third-order valence-electron chi connectivity index (χ3n) is 5.74. The lowest BCUT2D eigenvalue weighted by Crippen LogP contribution is -2.40. The Hall–Kier alpha value is -2.89. The Balaban J connectivity index is 1.76. The first-order chi connectivity index (χ1) is 16.1. The second kappa shape index (κ2) is 9.40. The van der Waals surface area contributed by atoms with E-state index in [0.29, 0.717) is 17.6 Å². The number of sulfonamides is 1. The van der Waals surface area contributed by atoms with Crippen LogP contribution in [0.25, 0.3) is 10.2 Å². The summed E-state index contributed by atoms with van der Waals surface area (Å²) in [6, 6.07) is 7.44. The maximum atomic E-state index is 13.3. The molecule has 0 spiro atoms. The molecule has 1 atom stereocenters. The molecule has 0 N–H and O–H groups in total. The van der Waals surface area contributed by atoms with E-state index < -0.39 is 33.8 Å². The summed E-state index contributed by atoms with van der Waals surface area (Å²) < 4.78 is 48.0. The molecule has 0 bridgehead atoms. The molecule has 0 saturated carbocycles. The summed E-state index contributed by atoms with van der Waals surface area (Å²) in [5.41, 5.74) is 2.72. The van der Waals surface area contributed by atoms with Crippen LogP contribution in [0.1, 0.15) is 24.0 Å². The number of ether oxygens (including phenoxy) is 1. The normalized spacial score (nSPS) is 17.4. The molecule has 1 aliphatic rings. The van der Waals surface area contributed by atoms with Gasteiger partial charge >= 0.3 is 5.97 Å². The number of amides is 1. The van der Waals surface area contributed by atoms with Crippen molar-refractivity contribution < 1.29 is 27.1 Å². The summed E-state index contributed by atoms with van der Waals surface area (Å²) in [6.07, 6.45) is 0.821. The Morgan fingerprint density at radius 2 is 1.91 bits per heavy atom. The first kappa shape index (κ1) is 24.2. The molecule has 1 saturated heterocycles. The standard InChI is InChI=1S/C23H24FN3O5S2/c1-14-11-15(2)21-19(12-14)26(13-20(28)32-3)23(33-21)25-22(29)18-5-4-10-27(18)34(30,31)17-8-6-16(24)7-9-17/h6-9,11-12,18H,4-5,10,13H2,1-3H3. The average molecular weight is 506 g/mol. The van der Waals surface area contributed by atoms with E-state index in [0.717, 1.165) is 37.8 Å². The predicted octanol–water partition coefficient (Wildman–Crippen LogP) is 2.91. The highest BCUT2D eigenvalue weighted by Crippen LogP contribution is 2.28. The fraction of sp³-hybridized carbons (Fsp3) is 0.348. The summed E-state index contributed by atoms with van der Waals surface area (Å²) in [6.45, 7) is 3.91. The summed E-state index contributed by atoms with van der Waals surface area (Å²) >= 11 is 1.26. The first-order valence-electron chi connectivity index (χ1n) is 10.6. The summed E-state index contributed by atoms with van der Waals surface area (Å²) in [7, 11) is -2.72. The maximum Gasteiger partial charge on any atom is 0.325 e. The van der Waals surface area contributed by atoms with Crippen molar-refractivity contribution in [3.63, 3.8) is 0 Å². The van der Waals surface area contributed by atoms with Gasteiger partial charge in [-0.25, -0.2) is 12.8 Å². The maximum absolute atomic E-state index is 13.3. The predicted molar refractivity (Wildman–Crippen MR) is 125 cm³/mol. The van der Waals surface area contributed by atoms with Crippen LogP contribution >= 0.6 is 11.3 Å². The molecule has 0 radical (unpaired) electrons. The smallest absolute Gasteiger partial charge is 0.325 e. The number of aryl methyl sites for hydroxylation is 2. The molecular formula is C23H24FN3O5S2. The van der Waals surface area contributed by atoms with Gasteiger partial charge in [0.05, 0.1) is 22.2 Å². The van der Waals surface area contributed by atoms with Gasteiger partial charge in [-0.05, 0) is 68.1 Å². The molecule has 2 heterocycles. The fourth-order valence-electron chi connectivity index (χ4n) is 4.13. The van der Waals surface area contributed by atoms with E-state index in [-0.39, 0.29) is 18.0 Å². The molecular weight excluding hydrogens is 481 g/mol. The minimum absolute atomic E-state index is 0.0812. The zero-order chi connectivity index (χ0) is 24.6. The number of carbonyl (C=O) groups is 2. The number of thiazole rings is 1. The molecule has 3 aromatic rings. The SMILES string of the molecule is COC(=O)Cn1c(=NC(=O)C2CCCN2S(=O)(=O)c2ccc(F)cc2)sc2c(C)cc(C)cc21. The average Bonchev–Trinajstić information content (AvgIpc) is 3.41. The van der Waals surface area contributed by atoms with Gasteiger partial charge in [0.2, 0.25) is 10.0 Å². The van der Waals surface area contributed by atoms with Crippen molar-refractivity contribution in [3.05, 3.63) is 58.1 Å². The second-order valence-electron chi connectivity index (χ2n) is 8.15. The third kappa shape index (κ3) is 4.55. The van der Waals surface area contributed by atoms with Crippen molar-refractivity contribution in [1.82, 2.24) is 8.87 Å². The lowest BCUT2D eigenvalue weighted by molar-refractivity contribution is -0.141. The van der Waals surface area contributed by atoms with Crippen LogP contribution in [-0.2, 0) is 30.9 Å². The van der Waals surface area contributed by atoms with Crippen LogP contribution in [0, 0.1) is 19.7 Å². The zero-order valence-corrected chi connectivity index (χ0v) is 20.6. The van der Waals surface area contributed by atoms with Crippen LogP contribution < -0.4 is 4.80 Å². The van der Waals surface area contributed by atoms with Gasteiger partial charge in [0.15, 0.2) is 4.80 Å². The summed E-state index contributed by atoms with van der Waals surface area (Å²) in [4.78, 5) is 29.8. The van der Waals surface area contributed by atoms with Crippen LogP contribution in [0.15, 0.2) is 46.3 Å². The highest BCUT2D eigenvalue weighted by atomic mass is 32.2. The lowest BCUT2D eigenvalue weighted by atomic mass is 10.1. The molecule has 0 aliphatic carbocycles. The minimum atomic E-state index is -4.00. The van der Waals surface area contributed by atoms with Crippen LogP contribution in [0.4, 0.5) is 4.39 Å². The Morgan fingerprint density at radius 3 is 2.59 bits per heavy atom. The fourth-order valence-corrected chi connectivity index (χ4v) is 6.87. The first-order valence-corrected chi connectivity index (χ1v) is 12.9. The molecule has 4 rings (SSSR count). The Labute approximate surface area is 200 Å². The highest BCUT2D eigenvalue weighted by Gasteiger charge is 2.39. The number of fused-ring (bicyclic) bond motifs is 1. The Morgan fingerprint density at radius 1 is 1.21 bits per heavy atom. The van der Waals surface area contributed by atoms with Gasteiger partial charge in [-0.15, -0.1) is 0 Å². The van der Waals surface area contributed by atoms with Gasteiger partial charge in [0.25, 0.3) is 5.91 Å². The van der Waals surface area contributed by atoms with Crippen LogP contribution in [0.3, 0.4) is 0 Å². The lowest BCUT2D eigenvalue weighted by Gasteiger charge is -2.21. The number of methoxy groups -OCH3 is 1. The van der Waals surface area contributed by atoms with E-state index in [2.05, 4.69) is 4.99 Å². The molecule has 1 aromatic heterocycles.